The summed E-state index contributed by atoms with van der Waals surface area (Å²) in [6, 6.07) is 37.0. The van der Waals surface area contributed by atoms with Crippen LogP contribution < -0.4 is 0 Å². The second-order valence-electron chi connectivity index (χ2n) is 18.1. The van der Waals surface area contributed by atoms with E-state index in [0.717, 1.165) is 62.1 Å². The molecule has 8 rings (SSSR count). The third kappa shape index (κ3) is 8.54. The Morgan fingerprint density at radius 3 is 2.10 bits per heavy atom. The number of phenolic OH excluding ortho intramolecular Hbond substituents is 1. The van der Waals surface area contributed by atoms with E-state index in [2.05, 4.69) is 145 Å². The predicted octanol–water partition coefficient (Wildman–Crippen LogP) is 14.4. The fraction of sp³-hybridized carbons (Fsp3) is 0.236. The molecule has 1 N–H and O–H groups in total. The molecule has 60 heavy (non-hydrogen) atoms. The summed E-state index contributed by atoms with van der Waals surface area (Å²) in [5, 5.41) is 12.0. The van der Waals surface area contributed by atoms with E-state index in [0.29, 0.717) is 34.1 Å². The van der Waals surface area contributed by atoms with Gasteiger partial charge in [-0.1, -0.05) is 157 Å². The average Bonchev–Trinajstić information content (AvgIpc) is 3.64. The summed E-state index contributed by atoms with van der Waals surface area (Å²) in [6.45, 7) is 19.4. The summed E-state index contributed by atoms with van der Waals surface area (Å²) in [5.74, 6) is 1.26. The zero-order valence-electron chi connectivity index (χ0n) is 40.8. The van der Waals surface area contributed by atoms with Crippen LogP contribution in [-0.4, -0.2) is 19.6 Å². The SMILES string of the molecule is [2H]c1c([2H])c([2H])c(-c2ccnc(-c3[c-]c(-c4cccc5c4nc(-c4cc(C(C)(C)C)cc(C)c4O)n5-c4ccc(CC(C)C)cc4-c4ccccc4)cc(C(C)(C)C)c3)c2)c([2H])c1[2H].[Pt]. The van der Waals surface area contributed by atoms with Crippen molar-refractivity contribution in [2.45, 2.75) is 79.6 Å². The molecule has 0 aliphatic rings. The van der Waals surface area contributed by atoms with Crippen molar-refractivity contribution < 1.29 is 33.0 Å². The number of hydrogen-bond donors (Lipinski definition) is 1. The number of fused-ring (bicyclic) bond motifs is 1. The van der Waals surface area contributed by atoms with Crippen LogP contribution in [0.25, 0.3) is 72.7 Å². The Kier molecular flexibility index (Phi) is 10.2. The van der Waals surface area contributed by atoms with E-state index in [9.17, 15) is 5.11 Å². The van der Waals surface area contributed by atoms with Gasteiger partial charge in [0, 0.05) is 38.5 Å². The summed E-state index contributed by atoms with van der Waals surface area (Å²) in [5.41, 5.74) is 12.4. The number of benzene rings is 6. The van der Waals surface area contributed by atoms with E-state index < -0.39 is 6.04 Å². The Labute approximate surface area is 377 Å². The van der Waals surface area contributed by atoms with Crippen LogP contribution in [0.3, 0.4) is 0 Å². The Hall–Kier alpha value is -5.57. The molecule has 0 spiro atoms. The number of phenols is 1. The average molecular weight is 973 g/mol. The molecule has 0 bridgehead atoms. The quantitative estimate of drug-likeness (QED) is 0.154. The number of imidazole rings is 1. The maximum absolute atomic E-state index is 12.0. The van der Waals surface area contributed by atoms with Crippen LogP contribution in [0.4, 0.5) is 0 Å². The molecule has 8 aromatic rings. The molecule has 0 saturated carbocycles. The number of aryl methyl sites for hydroxylation is 1. The molecular formula is C55H54N3OPt-. The molecule has 0 atom stereocenters. The number of nitrogens with zero attached hydrogens (tertiary/aromatic N) is 3. The fourth-order valence-corrected chi connectivity index (χ4v) is 7.76. The molecule has 0 aliphatic heterocycles. The van der Waals surface area contributed by atoms with Crippen LogP contribution in [0.5, 0.6) is 5.75 Å². The normalized spacial score (nSPS) is 13.1. The van der Waals surface area contributed by atoms with Crippen molar-refractivity contribution in [3.8, 4) is 67.5 Å². The fourth-order valence-electron chi connectivity index (χ4n) is 7.76. The Morgan fingerprint density at radius 1 is 0.700 bits per heavy atom. The van der Waals surface area contributed by atoms with Crippen LogP contribution in [0, 0.1) is 18.9 Å². The molecule has 6 aromatic carbocycles. The van der Waals surface area contributed by atoms with Crippen molar-refractivity contribution in [3.63, 3.8) is 0 Å². The number of para-hydroxylation sites is 1. The Balaban J connectivity index is 0.00000630. The minimum Gasteiger partial charge on any atom is -0.507 e. The summed E-state index contributed by atoms with van der Waals surface area (Å²) >= 11 is 0. The van der Waals surface area contributed by atoms with Crippen molar-refractivity contribution in [1.29, 1.82) is 0 Å². The monoisotopic (exact) mass is 972 g/mol. The van der Waals surface area contributed by atoms with E-state index >= 15 is 0 Å². The van der Waals surface area contributed by atoms with Crippen molar-refractivity contribution >= 4 is 11.0 Å². The minimum absolute atomic E-state index is 0. The Morgan fingerprint density at radius 2 is 1.40 bits per heavy atom. The maximum atomic E-state index is 12.0. The molecule has 0 unspecified atom stereocenters. The summed E-state index contributed by atoms with van der Waals surface area (Å²) < 4.78 is 44.3. The van der Waals surface area contributed by atoms with Gasteiger partial charge in [-0.15, -0.1) is 29.3 Å². The molecule has 306 valence electrons. The summed E-state index contributed by atoms with van der Waals surface area (Å²) in [6.07, 6.45) is 2.53. The molecule has 4 nitrogen and oxygen atoms in total. The summed E-state index contributed by atoms with van der Waals surface area (Å²) in [7, 11) is 0. The van der Waals surface area contributed by atoms with E-state index in [1.807, 2.05) is 19.1 Å². The van der Waals surface area contributed by atoms with Crippen LogP contribution in [0.15, 0.2) is 140 Å². The molecule has 5 heteroatoms. The molecule has 2 heterocycles. The van der Waals surface area contributed by atoms with Crippen molar-refractivity contribution in [2.75, 3.05) is 0 Å². The standard InChI is InChI=1S/C55H54N3O.Pt/c1-35(2)27-37-23-24-49(46(29-37)39-19-14-11-15-20-39)58-50-22-16-21-45(51(50)57-53(58)47-34-43(54(4,5)6)28-36(3)52(47)59)41-30-42(32-44(31-41)55(7,8)9)48-33-40(25-26-56-48)38-17-12-10-13-18-38;/h10-26,28-29,31-35,59H,27H2,1-9H3;/q-1;/i10D,12D,13D,17D,18D;. The number of aromatic nitrogens is 3. The second-order valence-corrected chi connectivity index (χ2v) is 18.1. The van der Waals surface area contributed by atoms with Gasteiger partial charge in [0.2, 0.25) is 0 Å². The molecule has 0 aliphatic carbocycles. The first-order chi connectivity index (χ1) is 30.2. The third-order valence-corrected chi connectivity index (χ3v) is 11.0. The first kappa shape index (κ1) is 36.3. The van der Waals surface area contributed by atoms with Gasteiger partial charge in [0.15, 0.2) is 0 Å². The van der Waals surface area contributed by atoms with Crippen LogP contribution in [-0.2, 0) is 38.3 Å². The smallest absolute Gasteiger partial charge is 0.148 e. The van der Waals surface area contributed by atoms with Gasteiger partial charge in [0.1, 0.15) is 11.6 Å². The third-order valence-electron chi connectivity index (χ3n) is 11.0. The van der Waals surface area contributed by atoms with E-state index in [-0.39, 0.29) is 67.4 Å². The van der Waals surface area contributed by atoms with Crippen molar-refractivity contribution in [2.24, 2.45) is 5.92 Å². The van der Waals surface area contributed by atoms with Crippen molar-refractivity contribution in [1.82, 2.24) is 14.5 Å². The van der Waals surface area contributed by atoms with Gasteiger partial charge in [-0.05, 0) is 93.8 Å². The zero-order chi connectivity index (χ0) is 46.0. The topological polar surface area (TPSA) is 50.9 Å². The van der Waals surface area contributed by atoms with E-state index in [1.165, 1.54) is 5.56 Å². The van der Waals surface area contributed by atoms with Crippen LogP contribution in [0.2, 0.25) is 0 Å². The zero-order valence-corrected chi connectivity index (χ0v) is 38.1. The molecule has 0 amide bonds. The van der Waals surface area contributed by atoms with Gasteiger partial charge in [-0.2, -0.15) is 0 Å². The Bertz CT molecular complexity index is 3080. The van der Waals surface area contributed by atoms with Gasteiger partial charge in [-0.25, -0.2) is 4.98 Å². The van der Waals surface area contributed by atoms with Crippen molar-refractivity contribution in [3.05, 3.63) is 168 Å². The molecule has 0 saturated heterocycles. The number of hydrogen-bond acceptors (Lipinski definition) is 3. The molecule has 0 fully saturated rings. The largest absolute Gasteiger partial charge is 0.507 e. The van der Waals surface area contributed by atoms with Gasteiger partial charge in [0.05, 0.1) is 29.1 Å². The van der Waals surface area contributed by atoms with Gasteiger partial charge in [-0.3, -0.25) is 9.55 Å². The molecular weight excluding hydrogens is 914 g/mol. The van der Waals surface area contributed by atoms with E-state index in [1.54, 1.807) is 18.3 Å². The van der Waals surface area contributed by atoms with Crippen LogP contribution in [0.1, 0.15) is 84.5 Å². The predicted molar refractivity (Wildman–Crippen MR) is 247 cm³/mol. The van der Waals surface area contributed by atoms with Crippen LogP contribution >= 0.6 is 0 Å². The van der Waals surface area contributed by atoms with Gasteiger partial charge >= 0.3 is 0 Å². The first-order valence-corrected chi connectivity index (χ1v) is 20.4. The van der Waals surface area contributed by atoms with Gasteiger partial charge < -0.3 is 5.11 Å². The number of pyridine rings is 1. The minimum atomic E-state index is -0.435. The first-order valence-electron chi connectivity index (χ1n) is 22.9. The van der Waals surface area contributed by atoms with E-state index in [4.69, 9.17) is 16.8 Å². The van der Waals surface area contributed by atoms with Gasteiger partial charge in [0.25, 0.3) is 0 Å². The number of aromatic hydroxyl groups is 1. The number of rotatable bonds is 8. The maximum Gasteiger partial charge on any atom is 0.148 e. The summed E-state index contributed by atoms with van der Waals surface area (Å²) in [4.78, 5) is 10.3. The molecule has 0 radical (unpaired) electrons. The second kappa shape index (κ2) is 16.8. The molecule has 2 aromatic heterocycles.